The number of aliphatic hydroxyl groups is 1. The summed E-state index contributed by atoms with van der Waals surface area (Å²) in [6.07, 6.45) is 3.95. The van der Waals surface area contributed by atoms with Crippen molar-refractivity contribution in [3.05, 3.63) is 190 Å². The molecule has 5 aromatic carbocycles. The molecular weight excluding hydrogens is 1980 g/mol. The molecule has 12 heterocycles. The molecule has 43 heteroatoms. The Bertz CT molecular complexity index is 6670. The van der Waals surface area contributed by atoms with Crippen molar-refractivity contribution in [1.82, 2.24) is 73.4 Å². The lowest BCUT2D eigenvalue weighted by atomic mass is 9.74. The summed E-state index contributed by atoms with van der Waals surface area (Å²) in [4.78, 5) is 87.9. The van der Waals surface area contributed by atoms with Crippen molar-refractivity contribution in [1.29, 1.82) is 0 Å². The number of methoxy groups -OCH3 is 3. The van der Waals surface area contributed by atoms with Crippen molar-refractivity contribution >= 4 is 164 Å². The summed E-state index contributed by atoms with van der Waals surface area (Å²) in [5.74, 6) is 5.11. The van der Waals surface area contributed by atoms with Crippen LogP contribution in [0.25, 0.3) is 44.1 Å². The number of carbonyl (C=O) groups is 3. The highest BCUT2D eigenvalue weighted by molar-refractivity contribution is 9.10. The second-order valence-electron chi connectivity index (χ2n) is 35.2. The van der Waals surface area contributed by atoms with E-state index in [1.54, 1.807) is 12.1 Å². The third kappa shape index (κ3) is 25.0. The first-order chi connectivity index (χ1) is 64.6. The van der Waals surface area contributed by atoms with Crippen molar-refractivity contribution in [3.63, 3.8) is 0 Å². The molecule has 12 aromatic rings. The summed E-state index contributed by atoms with van der Waals surface area (Å²) in [6.45, 7) is 47.0. The van der Waals surface area contributed by atoms with E-state index in [1.165, 1.54) is 44.7 Å². The highest BCUT2D eigenvalue weighted by atomic mass is 79.9. The molecule has 5 aliphatic heterocycles. The van der Waals surface area contributed by atoms with Gasteiger partial charge in [0.05, 0.1) is 127 Å². The molecule has 1 fully saturated rings. The van der Waals surface area contributed by atoms with E-state index in [4.69, 9.17) is 64.4 Å². The first-order valence-electron chi connectivity index (χ1n) is 45.7. The van der Waals surface area contributed by atoms with Crippen LogP contribution in [0.2, 0.25) is 25.8 Å². The van der Waals surface area contributed by atoms with Crippen LogP contribution in [0.4, 0.5) is 30.8 Å². The second kappa shape index (κ2) is 47.2. The third-order valence-corrected chi connectivity index (χ3v) is 28.3. The van der Waals surface area contributed by atoms with Gasteiger partial charge in [-0.15, -0.1) is 0 Å². The molecule has 139 heavy (non-hydrogen) atoms. The predicted molar refractivity (Wildman–Crippen MR) is 549 cm³/mol. The van der Waals surface area contributed by atoms with E-state index in [0.717, 1.165) is 147 Å². The molecule has 32 nitrogen and oxygen atoms in total. The molecule has 1 saturated heterocycles. The maximum Gasteiger partial charge on any atom is 0.434 e. The molecule has 0 amide bonds. The van der Waals surface area contributed by atoms with Crippen molar-refractivity contribution in [2.45, 2.75) is 239 Å². The van der Waals surface area contributed by atoms with E-state index < -0.39 is 42.8 Å². The largest absolute Gasteiger partial charge is 0.465 e. The number of nitrogens with one attached hydrogen (secondary N) is 1. The zero-order chi connectivity index (χ0) is 101. The van der Waals surface area contributed by atoms with Gasteiger partial charge in [-0.05, 0) is 219 Å². The number of fused-ring (bicyclic) bond motifs is 12. The molecule has 5 aliphatic rings. The Kier molecular flexibility index (Phi) is 38.3. The smallest absolute Gasteiger partial charge is 0.434 e. The Hall–Kier alpha value is -10.0. The Morgan fingerprint density at radius 1 is 0.496 bits per heavy atom. The Balaban J connectivity index is 0.000000192. The Morgan fingerprint density at radius 2 is 0.878 bits per heavy atom. The normalized spacial score (nSPS) is 16.2. The summed E-state index contributed by atoms with van der Waals surface area (Å²) < 4.78 is 125. The highest BCUT2D eigenvalue weighted by Gasteiger charge is 2.41. The number of hydrogen-bond acceptors (Lipinski definition) is 28. The van der Waals surface area contributed by atoms with Crippen molar-refractivity contribution in [2.75, 3.05) is 74.7 Å². The number of anilines is 3. The number of sulfone groups is 2. The molecule has 0 bridgehead atoms. The number of nitrogens with zero attached hydrogens (tertiary/aromatic N) is 17. The van der Waals surface area contributed by atoms with Gasteiger partial charge in [0.15, 0.2) is 25.4 Å². The number of aromatic nitrogens is 14. The van der Waals surface area contributed by atoms with Gasteiger partial charge in [0.1, 0.15) is 23.3 Å². The van der Waals surface area contributed by atoms with Crippen molar-refractivity contribution in [2.24, 2.45) is 23.7 Å². The van der Waals surface area contributed by atoms with E-state index in [2.05, 4.69) is 197 Å². The number of aliphatic hydroxyl groups excluding tert-OH is 1. The van der Waals surface area contributed by atoms with Gasteiger partial charge in [-0.1, -0.05) is 114 Å². The van der Waals surface area contributed by atoms with Gasteiger partial charge in [0.2, 0.25) is 17.2 Å². The van der Waals surface area contributed by atoms with E-state index in [1.807, 2.05) is 91.1 Å². The number of aryl methyl sites for hydroxylation is 7. The fraction of sp³-hybridized carbons (Fsp3) is 0.490. The lowest BCUT2D eigenvalue weighted by Crippen LogP contribution is -2.44. The predicted octanol–water partition coefficient (Wildman–Crippen LogP) is 19.4. The lowest BCUT2D eigenvalue weighted by molar-refractivity contribution is -0.141. The minimum atomic E-state index is -4.51. The van der Waals surface area contributed by atoms with Gasteiger partial charge in [-0.3, -0.25) is 0 Å². The fourth-order valence-corrected chi connectivity index (χ4v) is 20.2. The monoisotopic (exact) mass is 2100 g/mol. The number of esters is 3. The lowest BCUT2D eigenvalue weighted by Gasteiger charge is -2.40. The molecule has 0 aliphatic carbocycles. The molecule has 0 radical (unpaired) electrons. The molecular formula is C96H129B3Br2ClF3N18O14S2. The third-order valence-electron chi connectivity index (χ3n) is 24.4. The fourth-order valence-electron chi connectivity index (χ4n) is 17.6. The molecule has 0 unspecified atom stereocenters. The molecule has 0 spiro atoms. The van der Waals surface area contributed by atoms with Crippen LogP contribution < -0.4 is 20.0 Å². The van der Waals surface area contributed by atoms with Crippen molar-refractivity contribution < 1.29 is 77.4 Å². The van der Waals surface area contributed by atoms with Crippen LogP contribution in [0.3, 0.4) is 0 Å². The first-order valence-corrected chi connectivity index (χ1v) is 51.4. The average Bonchev–Trinajstić information content (AvgIpc) is 1.60. The molecule has 7 aromatic heterocycles. The van der Waals surface area contributed by atoms with Gasteiger partial charge in [-0.25, -0.2) is 81.1 Å². The highest BCUT2D eigenvalue weighted by Crippen LogP contribution is 2.44. The zero-order valence-electron chi connectivity index (χ0n) is 82.2. The molecule has 0 saturated carbocycles. The van der Waals surface area contributed by atoms with Gasteiger partial charge in [0, 0.05) is 105 Å². The summed E-state index contributed by atoms with van der Waals surface area (Å²) in [6, 6.07) is 21.2. The average molecular weight is 2110 g/mol. The van der Waals surface area contributed by atoms with E-state index >= 15 is 0 Å². The quantitative estimate of drug-likeness (QED) is 0.0416. The summed E-state index contributed by atoms with van der Waals surface area (Å²) >= 11 is 11.5. The molecule has 2 N–H and O–H groups in total. The van der Waals surface area contributed by atoms with E-state index in [-0.39, 0.29) is 111 Å². The molecule has 17 rings (SSSR count). The van der Waals surface area contributed by atoms with Gasteiger partial charge < -0.3 is 71.3 Å². The SMILES string of the molecule is C.C.CB1OB(C)OB(C)O1.CC.CCc1cc2c(cc1C(=O)OC)nc1n2CCN(c2ccc(Br)c(C)c2)[C@@H]1C(C)C.CCc1cc2c(cc1C(=O)OC)nc1n2CCN[C@@H]1C(C)C.COC(=O)c1cc2nc3n(c2cc1S(C)(=O)=O)CCN(c1ncc(C)c(C)n1)[C@@H]3C(C)C.Cc1cnc(N2CCn3c(nc4cc(CO)c(S(C)(=O)=O)cc43)[C@H]2C(C)C)nc1C.FC(F)(F)c1nc(Cl)ncc1Br. The number of benzene rings is 5. The summed E-state index contributed by atoms with van der Waals surface area (Å²) in [5, 5.41) is 12.8. The maximum absolute atomic E-state index is 12.4. The zero-order valence-corrected chi connectivity index (χ0v) is 87.7. The summed E-state index contributed by atoms with van der Waals surface area (Å²) in [7, 11) is -3.44. The van der Waals surface area contributed by atoms with Crippen LogP contribution in [-0.4, -0.2) is 189 Å². The minimum absolute atomic E-state index is 0. The van der Waals surface area contributed by atoms with E-state index in [0.29, 0.717) is 83.2 Å². The van der Waals surface area contributed by atoms with Crippen LogP contribution in [0.1, 0.15) is 227 Å². The number of halogens is 6. The van der Waals surface area contributed by atoms with Gasteiger partial charge in [-0.2, -0.15) is 13.2 Å². The Labute approximate surface area is 836 Å². The van der Waals surface area contributed by atoms with Gasteiger partial charge >= 0.3 is 45.4 Å². The van der Waals surface area contributed by atoms with Crippen molar-refractivity contribution in [3.8, 4) is 0 Å². The number of alkyl halides is 3. The van der Waals surface area contributed by atoms with Gasteiger partial charge in [0.25, 0.3) is 0 Å². The topological polar surface area (TPSA) is 365 Å². The number of rotatable bonds is 15. The van der Waals surface area contributed by atoms with Crippen LogP contribution in [-0.2, 0) is 99.4 Å². The molecule has 750 valence electrons. The minimum Gasteiger partial charge on any atom is -0.465 e. The number of hydrogen-bond donors (Lipinski definition) is 2. The van der Waals surface area contributed by atoms with Crippen LogP contribution >= 0.6 is 43.5 Å². The number of imidazole rings is 4. The Morgan fingerprint density at radius 3 is 1.25 bits per heavy atom. The van der Waals surface area contributed by atoms with E-state index in [9.17, 15) is 49.5 Å². The van der Waals surface area contributed by atoms with Crippen LogP contribution in [0.5, 0.6) is 0 Å². The second-order valence-corrected chi connectivity index (χ2v) is 41.2. The first kappa shape index (κ1) is 113. The molecule has 4 atom stereocenters. The maximum atomic E-state index is 12.4. The number of ether oxygens (including phenoxy) is 3. The van der Waals surface area contributed by atoms with Crippen LogP contribution in [0.15, 0.2) is 104 Å². The van der Waals surface area contributed by atoms with Crippen LogP contribution in [0, 0.1) is 58.3 Å². The summed E-state index contributed by atoms with van der Waals surface area (Å²) in [5.41, 5.74) is 15.6. The standard InChI is InChI=1S/C24H28BrN3O2.C22H27N5O4S.C21H27N5O3S.C17H23N3O2.C5HBrClF3N2.C3H9B3O3.C2H6.2CH4/c1-6-16-12-21-20(13-18(16)24(29)30-5)26-23-22(14(2)3)27(9-10-28(21)23)17-7-8-19(25)15(4)11-17;1-12(2)19-20-25-16-9-15(21(28)31-5)18(32(6,29)30)10-17(16)26(20)7-8-27(19)22-23-11-13(3)14(4)24-22;1-12(2)19-20-24-16-8-15(11-27)18(30(5,28)29)9-17(16)25(20)6-7-26(19)21-22-10-13(3)14(4)23-21;1-5-11-8-14-13(9-12(11)17(21)22-4)19-16-15(10(2)3)18-6-7-20(14)16;6-2-1-11-4(7)12-3(2)5(8,9)10;1-4-7-5(2)9-6(3)8-4;1-2;;/h7-8,11-14,22H,6,9-10H2,1-5H3;9-12,19H,7-8H2,1-6H3;8-10,12,19,27H,6-7,11H2,1-5H3;8-10,15,18H,5-7H2,1-4H3;1H;1-3H3;1-2H3;2*1H4/t22-;2*19-;15-;;;;;/m1111...../s1. The number of carbonyl (C=O) groups excluding carboxylic acids is 3.